The van der Waals surface area contributed by atoms with Crippen molar-refractivity contribution in [3.63, 3.8) is 0 Å². The predicted octanol–water partition coefficient (Wildman–Crippen LogP) is 2.73. The summed E-state index contributed by atoms with van der Waals surface area (Å²) in [4.78, 5) is 2.46. The zero-order chi connectivity index (χ0) is 13.1. The number of likely N-dealkylation sites (tertiary alicyclic amines) is 1. The molecule has 1 saturated heterocycles. The summed E-state index contributed by atoms with van der Waals surface area (Å²) in [7, 11) is 0. The lowest BCUT2D eigenvalue weighted by molar-refractivity contribution is 0.140. The molecule has 100 valence electrons. The summed E-state index contributed by atoms with van der Waals surface area (Å²) in [6.07, 6.45) is 3.61. The van der Waals surface area contributed by atoms with Crippen molar-refractivity contribution in [2.75, 3.05) is 13.1 Å². The van der Waals surface area contributed by atoms with Gasteiger partial charge in [0.2, 0.25) is 0 Å². The predicted molar refractivity (Wildman–Crippen MR) is 75.5 cm³/mol. The summed E-state index contributed by atoms with van der Waals surface area (Å²) >= 11 is 0. The number of benzene rings is 1. The van der Waals surface area contributed by atoms with Gasteiger partial charge in [-0.3, -0.25) is 4.90 Å². The molecule has 0 saturated carbocycles. The lowest BCUT2D eigenvalue weighted by atomic mass is 9.86. The number of furan rings is 1. The summed E-state index contributed by atoms with van der Waals surface area (Å²) < 4.78 is 5.49. The number of nitrogens with zero attached hydrogens (tertiary/aromatic N) is 1. The van der Waals surface area contributed by atoms with Crippen LogP contribution >= 0.6 is 0 Å². The minimum atomic E-state index is -0.281. The minimum absolute atomic E-state index is 0.281. The standard InChI is InChI=1S/C16H20N2O/c17-16(15-7-4-12-19-15)8-10-18(11-9-16)13-14-5-2-1-3-6-14/h1-7,12H,8-11,13,17H2. The molecule has 2 N–H and O–H groups in total. The van der Waals surface area contributed by atoms with E-state index in [4.69, 9.17) is 10.2 Å². The first-order valence-electron chi connectivity index (χ1n) is 6.85. The van der Waals surface area contributed by atoms with Gasteiger partial charge in [0.05, 0.1) is 11.8 Å². The molecule has 0 unspecified atom stereocenters. The molecule has 2 heterocycles. The molecule has 0 spiro atoms. The minimum Gasteiger partial charge on any atom is -0.467 e. The number of piperidine rings is 1. The van der Waals surface area contributed by atoms with Crippen LogP contribution < -0.4 is 5.73 Å². The van der Waals surface area contributed by atoms with Crippen molar-refractivity contribution < 1.29 is 4.42 Å². The highest BCUT2D eigenvalue weighted by Gasteiger charge is 2.34. The molecule has 3 heteroatoms. The second-order valence-electron chi connectivity index (χ2n) is 5.40. The highest BCUT2D eigenvalue weighted by atomic mass is 16.3. The van der Waals surface area contributed by atoms with E-state index in [0.717, 1.165) is 38.2 Å². The van der Waals surface area contributed by atoms with E-state index in [1.54, 1.807) is 6.26 Å². The maximum absolute atomic E-state index is 6.46. The van der Waals surface area contributed by atoms with Crippen LogP contribution in [0.2, 0.25) is 0 Å². The lowest BCUT2D eigenvalue weighted by Gasteiger charge is -2.37. The van der Waals surface area contributed by atoms with Crippen LogP contribution in [0.15, 0.2) is 53.1 Å². The summed E-state index contributed by atoms with van der Waals surface area (Å²) in [5.41, 5.74) is 7.54. The van der Waals surface area contributed by atoms with Crippen molar-refractivity contribution in [1.29, 1.82) is 0 Å². The summed E-state index contributed by atoms with van der Waals surface area (Å²) in [6, 6.07) is 14.5. The van der Waals surface area contributed by atoms with Gasteiger partial charge in [0.15, 0.2) is 0 Å². The smallest absolute Gasteiger partial charge is 0.123 e. The van der Waals surface area contributed by atoms with Gasteiger partial charge in [-0.2, -0.15) is 0 Å². The summed E-state index contributed by atoms with van der Waals surface area (Å²) in [5.74, 6) is 0.923. The van der Waals surface area contributed by atoms with Gasteiger partial charge in [-0.1, -0.05) is 30.3 Å². The average molecular weight is 256 g/mol. The fourth-order valence-corrected chi connectivity index (χ4v) is 2.76. The zero-order valence-electron chi connectivity index (χ0n) is 11.1. The molecular formula is C16H20N2O. The highest BCUT2D eigenvalue weighted by Crippen LogP contribution is 2.31. The van der Waals surface area contributed by atoms with Crippen LogP contribution in [0.4, 0.5) is 0 Å². The fraction of sp³-hybridized carbons (Fsp3) is 0.375. The molecule has 1 aliphatic rings. The Bertz CT molecular complexity index is 499. The van der Waals surface area contributed by atoms with Crippen LogP contribution in [0.25, 0.3) is 0 Å². The third-order valence-corrected chi connectivity index (χ3v) is 4.01. The molecule has 2 aromatic rings. The van der Waals surface area contributed by atoms with E-state index in [1.807, 2.05) is 12.1 Å². The van der Waals surface area contributed by atoms with E-state index >= 15 is 0 Å². The maximum Gasteiger partial charge on any atom is 0.123 e. The number of hydrogen-bond donors (Lipinski definition) is 1. The molecule has 1 aromatic carbocycles. The van der Waals surface area contributed by atoms with Gasteiger partial charge in [0.1, 0.15) is 5.76 Å². The van der Waals surface area contributed by atoms with Crippen LogP contribution in [0.1, 0.15) is 24.2 Å². The van der Waals surface area contributed by atoms with Gasteiger partial charge in [-0.25, -0.2) is 0 Å². The van der Waals surface area contributed by atoms with E-state index in [-0.39, 0.29) is 5.54 Å². The van der Waals surface area contributed by atoms with Gasteiger partial charge < -0.3 is 10.2 Å². The second-order valence-corrected chi connectivity index (χ2v) is 5.40. The zero-order valence-corrected chi connectivity index (χ0v) is 11.1. The molecular weight excluding hydrogens is 236 g/mol. The molecule has 1 aromatic heterocycles. The molecule has 0 aliphatic carbocycles. The Morgan fingerprint density at radius 2 is 1.79 bits per heavy atom. The first-order chi connectivity index (χ1) is 9.26. The summed E-state index contributed by atoms with van der Waals surface area (Å²) in [5, 5.41) is 0. The van der Waals surface area contributed by atoms with Gasteiger partial charge >= 0.3 is 0 Å². The van der Waals surface area contributed by atoms with E-state index in [1.165, 1.54) is 5.56 Å². The molecule has 3 nitrogen and oxygen atoms in total. The van der Waals surface area contributed by atoms with Gasteiger partial charge in [0.25, 0.3) is 0 Å². The number of rotatable bonds is 3. The third-order valence-electron chi connectivity index (χ3n) is 4.01. The molecule has 19 heavy (non-hydrogen) atoms. The number of hydrogen-bond acceptors (Lipinski definition) is 3. The third kappa shape index (κ3) is 2.72. The molecule has 3 rings (SSSR count). The Balaban J connectivity index is 1.61. The van der Waals surface area contributed by atoms with Crippen LogP contribution in [-0.2, 0) is 12.1 Å². The van der Waals surface area contributed by atoms with Gasteiger partial charge in [-0.05, 0) is 30.5 Å². The van der Waals surface area contributed by atoms with E-state index in [0.29, 0.717) is 0 Å². The van der Waals surface area contributed by atoms with Crippen molar-refractivity contribution in [1.82, 2.24) is 4.90 Å². The Morgan fingerprint density at radius 1 is 1.05 bits per heavy atom. The Hall–Kier alpha value is -1.58. The first-order valence-corrected chi connectivity index (χ1v) is 6.85. The van der Waals surface area contributed by atoms with E-state index < -0.39 is 0 Å². The lowest BCUT2D eigenvalue weighted by Crippen LogP contribution is -2.47. The number of nitrogens with two attached hydrogens (primary N) is 1. The SMILES string of the molecule is NC1(c2ccco2)CCN(Cc2ccccc2)CC1. The van der Waals surface area contributed by atoms with Crippen molar-refractivity contribution in [2.24, 2.45) is 5.73 Å². The molecule has 0 amide bonds. The second kappa shape index (κ2) is 5.19. The van der Waals surface area contributed by atoms with E-state index in [2.05, 4.69) is 35.2 Å². The van der Waals surface area contributed by atoms with Gasteiger partial charge in [-0.15, -0.1) is 0 Å². The van der Waals surface area contributed by atoms with Crippen LogP contribution in [0.5, 0.6) is 0 Å². The van der Waals surface area contributed by atoms with Crippen molar-refractivity contribution >= 4 is 0 Å². The molecule has 0 atom stereocenters. The van der Waals surface area contributed by atoms with Crippen molar-refractivity contribution in [3.05, 3.63) is 60.1 Å². The molecule has 0 radical (unpaired) electrons. The topological polar surface area (TPSA) is 42.4 Å². The van der Waals surface area contributed by atoms with Crippen molar-refractivity contribution in [2.45, 2.75) is 24.9 Å². The van der Waals surface area contributed by atoms with Crippen LogP contribution in [0.3, 0.4) is 0 Å². The van der Waals surface area contributed by atoms with Crippen LogP contribution in [-0.4, -0.2) is 18.0 Å². The Labute approximate surface area is 114 Å². The molecule has 1 fully saturated rings. The monoisotopic (exact) mass is 256 g/mol. The maximum atomic E-state index is 6.46. The van der Waals surface area contributed by atoms with Crippen molar-refractivity contribution in [3.8, 4) is 0 Å². The van der Waals surface area contributed by atoms with Gasteiger partial charge in [0, 0.05) is 19.6 Å². The quantitative estimate of drug-likeness (QED) is 0.918. The fourth-order valence-electron chi connectivity index (χ4n) is 2.76. The molecule has 1 aliphatic heterocycles. The Morgan fingerprint density at radius 3 is 2.42 bits per heavy atom. The van der Waals surface area contributed by atoms with E-state index in [9.17, 15) is 0 Å². The highest BCUT2D eigenvalue weighted by molar-refractivity contribution is 5.16. The molecule has 0 bridgehead atoms. The Kier molecular flexibility index (Phi) is 3.40. The normalized spacial score (nSPS) is 19.4. The average Bonchev–Trinajstić information content (AvgIpc) is 2.98. The van der Waals surface area contributed by atoms with Crippen LogP contribution in [0, 0.1) is 0 Å². The first kappa shape index (κ1) is 12.5. The largest absolute Gasteiger partial charge is 0.467 e. The summed E-state index contributed by atoms with van der Waals surface area (Å²) in [6.45, 7) is 3.05.